The summed E-state index contributed by atoms with van der Waals surface area (Å²) in [4.78, 5) is 10.4. The highest BCUT2D eigenvalue weighted by Gasteiger charge is 2.08. The molecule has 1 N–H and O–H groups in total. The first-order valence-corrected chi connectivity index (χ1v) is 6.61. The molecule has 0 fully saturated rings. The fourth-order valence-corrected chi connectivity index (χ4v) is 2.12. The van der Waals surface area contributed by atoms with Crippen LogP contribution in [-0.4, -0.2) is 11.5 Å². The standard InChI is InChI=1S/C16H18N2O2/c1-12-4-3-5-14(10-12)8-9-17-16-11-15(18(19)20)7-6-13(16)2/h3-7,10-11,17H,8-9H2,1-2H3. The van der Waals surface area contributed by atoms with Crippen LogP contribution in [0.4, 0.5) is 11.4 Å². The summed E-state index contributed by atoms with van der Waals surface area (Å²) < 4.78 is 0. The maximum absolute atomic E-state index is 10.8. The van der Waals surface area contributed by atoms with Crippen LogP contribution < -0.4 is 5.32 Å². The maximum atomic E-state index is 10.8. The second-order valence-electron chi connectivity index (χ2n) is 4.92. The molecule has 104 valence electrons. The molecule has 0 heterocycles. The number of anilines is 1. The van der Waals surface area contributed by atoms with Gasteiger partial charge in [0.05, 0.1) is 4.92 Å². The van der Waals surface area contributed by atoms with Crippen molar-refractivity contribution in [1.29, 1.82) is 0 Å². The van der Waals surface area contributed by atoms with Crippen LogP contribution in [0.3, 0.4) is 0 Å². The summed E-state index contributed by atoms with van der Waals surface area (Å²) in [5, 5.41) is 14.0. The van der Waals surface area contributed by atoms with E-state index in [2.05, 4.69) is 30.4 Å². The van der Waals surface area contributed by atoms with Crippen molar-refractivity contribution in [2.24, 2.45) is 0 Å². The Morgan fingerprint density at radius 3 is 2.65 bits per heavy atom. The molecule has 20 heavy (non-hydrogen) atoms. The minimum atomic E-state index is -0.370. The fraction of sp³-hybridized carbons (Fsp3) is 0.250. The van der Waals surface area contributed by atoms with Crippen molar-refractivity contribution >= 4 is 11.4 Å². The number of hydrogen-bond acceptors (Lipinski definition) is 3. The number of nitrogens with one attached hydrogen (secondary N) is 1. The van der Waals surface area contributed by atoms with E-state index in [4.69, 9.17) is 0 Å². The molecule has 0 atom stereocenters. The minimum absolute atomic E-state index is 0.119. The molecule has 0 aliphatic carbocycles. The molecule has 2 aromatic rings. The average Bonchev–Trinajstić information content (AvgIpc) is 2.40. The predicted molar refractivity (Wildman–Crippen MR) is 81.2 cm³/mol. The van der Waals surface area contributed by atoms with E-state index in [1.54, 1.807) is 12.1 Å². The fourth-order valence-electron chi connectivity index (χ4n) is 2.12. The van der Waals surface area contributed by atoms with E-state index in [-0.39, 0.29) is 10.6 Å². The lowest BCUT2D eigenvalue weighted by Crippen LogP contribution is -2.06. The third-order valence-corrected chi connectivity index (χ3v) is 3.24. The SMILES string of the molecule is Cc1cccc(CCNc2cc([N+](=O)[O-])ccc2C)c1. The number of nitro groups is 1. The third-order valence-electron chi connectivity index (χ3n) is 3.24. The number of nitrogens with zero attached hydrogens (tertiary/aromatic N) is 1. The normalized spacial score (nSPS) is 10.3. The number of benzene rings is 2. The number of nitro benzene ring substituents is 1. The van der Waals surface area contributed by atoms with Crippen LogP contribution in [-0.2, 0) is 6.42 Å². The third kappa shape index (κ3) is 3.57. The van der Waals surface area contributed by atoms with Gasteiger partial charge in [-0.2, -0.15) is 0 Å². The van der Waals surface area contributed by atoms with Crippen LogP contribution in [0.2, 0.25) is 0 Å². The van der Waals surface area contributed by atoms with Crippen molar-refractivity contribution in [1.82, 2.24) is 0 Å². The molecular formula is C16H18N2O2. The molecule has 0 aliphatic rings. The van der Waals surface area contributed by atoms with E-state index < -0.39 is 0 Å². The minimum Gasteiger partial charge on any atom is -0.384 e. The van der Waals surface area contributed by atoms with Gasteiger partial charge in [0.15, 0.2) is 0 Å². The van der Waals surface area contributed by atoms with Gasteiger partial charge in [0.2, 0.25) is 0 Å². The lowest BCUT2D eigenvalue weighted by Gasteiger charge is -2.09. The molecule has 4 nitrogen and oxygen atoms in total. The Morgan fingerprint density at radius 2 is 1.95 bits per heavy atom. The molecule has 2 rings (SSSR count). The Bertz CT molecular complexity index is 624. The first-order valence-electron chi connectivity index (χ1n) is 6.61. The van der Waals surface area contributed by atoms with Gasteiger partial charge in [-0.3, -0.25) is 10.1 Å². The Morgan fingerprint density at radius 1 is 1.15 bits per heavy atom. The molecule has 0 spiro atoms. The van der Waals surface area contributed by atoms with E-state index in [0.717, 1.165) is 24.2 Å². The molecule has 0 bridgehead atoms. The van der Waals surface area contributed by atoms with Gasteiger partial charge in [-0.05, 0) is 31.4 Å². The van der Waals surface area contributed by atoms with Crippen molar-refractivity contribution in [3.05, 3.63) is 69.3 Å². The highest BCUT2D eigenvalue weighted by atomic mass is 16.6. The molecule has 2 aromatic carbocycles. The van der Waals surface area contributed by atoms with Gasteiger partial charge in [-0.1, -0.05) is 35.9 Å². The van der Waals surface area contributed by atoms with Crippen molar-refractivity contribution in [3.8, 4) is 0 Å². The van der Waals surface area contributed by atoms with Gasteiger partial charge in [0.25, 0.3) is 5.69 Å². The highest BCUT2D eigenvalue weighted by Crippen LogP contribution is 2.21. The van der Waals surface area contributed by atoms with Gasteiger partial charge in [0, 0.05) is 24.4 Å². The average molecular weight is 270 g/mol. The lowest BCUT2D eigenvalue weighted by molar-refractivity contribution is -0.384. The Balaban J connectivity index is 2.00. The highest BCUT2D eigenvalue weighted by molar-refractivity contribution is 5.56. The maximum Gasteiger partial charge on any atom is 0.271 e. The monoisotopic (exact) mass is 270 g/mol. The van der Waals surface area contributed by atoms with Crippen LogP contribution in [0.1, 0.15) is 16.7 Å². The van der Waals surface area contributed by atoms with Gasteiger partial charge < -0.3 is 5.32 Å². The predicted octanol–water partition coefficient (Wildman–Crippen LogP) is 3.87. The van der Waals surface area contributed by atoms with E-state index in [1.165, 1.54) is 17.2 Å². The Kier molecular flexibility index (Phi) is 4.35. The second kappa shape index (κ2) is 6.19. The largest absolute Gasteiger partial charge is 0.384 e. The quantitative estimate of drug-likeness (QED) is 0.663. The summed E-state index contributed by atoms with van der Waals surface area (Å²) in [5.74, 6) is 0. The first kappa shape index (κ1) is 14.1. The van der Waals surface area contributed by atoms with Gasteiger partial charge in [-0.15, -0.1) is 0 Å². The second-order valence-corrected chi connectivity index (χ2v) is 4.92. The number of non-ortho nitro benzene ring substituents is 1. The summed E-state index contributed by atoms with van der Waals surface area (Å²) in [5.41, 5.74) is 4.47. The van der Waals surface area contributed by atoms with Crippen molar-refractivity contribution < 1.29 is 4.92 Å². The number of aryl methyl sites for hydroxylation is 2. The van der Waals surface area contributed by atoms with E-state index >= 15 is 0 Å². The van der Waals surface area contributed by atoms with Gasteiger partial charge in [-0.25, -0.2) is 0 Å². The molecule has 0 amide bonds. The van der Waals surface area contributed by atoms with E-state index in [9.17, 15) is 10.1 Å². The lowest BCUT2D eigenvalue weighted by atomic mass is 10.1. The van der Waals surface area contributed by atoms with Crippen molar-refractivity contribution in [2.45, 2.75) is 20.3 Å². The Labute approximate surface area is 118 Å². The zero-order valence-corrected chi connectivity index (χ0v) is 11.7. The number of hydrogen-bond donors (Lipinski definition) is 1. The summed E-state index contributed by atoms with van der Waals surface area (Å²) in [6, 6.07) is 13.3. The summed E-state index contributed by atoms with van der Waals surface area (Å²) in [6.45, 7) is 4.77. The Hall–Kier alpha value is -2.36. The van der Waals surface area contributed by atoms with Crippen LogP contribution >= 0.6 is 0 Å². The smallest absolute Gasteiger partial charge is 0.271 e. The van der Waals surface area contributed by atoms with Crippen molar-refractivity contribution in [3.63, 3.8) is 0 Å². The van der Waals surface area contributed by atoms with Crippen LogP contribution in [0.25, 0.3) is 0 Å². The zero-order valence-electron chi connectivity index (χ0n) is 11.7. The molecule has 4 heteroatoms. The molecule has 0 aromatic heterocycles. The van der Waals surface area contributed by atoms with Crippen molar-refractivity contribution in [2.75, 3.05) is 11.9 Å². The zero-order chi connectivity index (χ0) is 14.5. The molecule has 0 aliphatic heterocycles. The molecule has 0 saturated heterocycles. The molecule has 0 radical (unpaired) electrons. The van der Waals surface area contributed by atoms with E-state index in [1.807, 2.05) is 13.0 Å². The van der Waals surface area contributed by atoms with E-state index in [0.29, 0.717) is 0 Å². The van der Waals surface area contributed by atoms with Crippen LogP contribution in [0.5, 0.6) is 0 Å². The summed E-state index contributed by atoms with van der Waals surface area (Å²) in [7, 11) is 0. The van der Waals surface area contributed by atoms with Gasteiger partial charge >= 0.3 is 0 Å². The van der Waals surface area contributed by atoms with Gasteiger partial charge in [0.1, 0.15) is 0 Å². The number of rotatable bonds is 5. The summed E-state index contributed by atoms with van der Waals surface area (Å²) >= 11 is 0. The summed E-state index contributed by atoms with van der Waals surface area (Å²) in [6.07, 6.45) is 0.893. The van der Waals surface area contributed by atoms with Crippen LogP contribution in [0.15, 0.2) is 42.5 Å². The molecule has 0 unspecified atom stereocenters. The molecular weight excluding hydrogens is 252 g/mol. The van der Waals surface area contributed by atoms with Crippen LogP contribution in [0, 0.1) is 24.0 Å². The topological polar surface area (TPSA) is 55.2 Å². The molecule has 0 saturated carbocycles. The first-order chi connectivity index (χ1) is 9.56.